The third-order valence-corrected chi connectivity index (χ3v) is 4.70. The molecule has 0 radical (unpaired) electrons. The fraction of sp³-hybridized carbons (Fsp3) is 0.812. The summed E-state index contributed by atoms with van der Waals surface area (Å²) in [6.45, 7) is 5.25. The number of hydrogen-bond donors (Lipinski definition) is 1. The van der Waals surface area contributed by atoms with E-state index in [4.69, 9.17) is 14.0 Å². The van der Waals surface area contributed by atoms with Crippen molar-refractivity contribution >= 4 is 5.91 Å². The fourth-order valence-corrected chi connectivity index (χ4v) is 3.31. The Bertz CT molecular complexity index is 527. The van der Waals surface area contributed by atoms with Gasteiger partial charge in [0.15, 0.2) is 5.82 Å². The van der Waals surface area contributed by atoms with E-state index >= 15 is 0 Å². The largest absolute Gasteiger partial charge is 0.381 e. The van der Waals surface area contributed by atoms with Crippen LogP contribution in [0.4, 0.5) is 0 Å². The van der Waals surface area contributed by atoms with Gasteiger partial charge >= 0.3 is 0 Å². The Morgan fingerprint density at radius 3 is 2.70 bits per heavy atom. The second kappa shape index (κ2) is 7.40. The summed E-state index contributed by atoms with van der Waals surface area (Å²) in [4.78, 5) is 16.9. The van der Waals surface area contributed by atoms with E-state index in [-0.39, 0.29) is 30.1 Å². The minimum Gasteiger partial charge on any atom is -0.381 e. The third kappa shape index (κ3) is 3.90. The lowest BCUT2D eigenvalue weighted by molar-refractivity contribution is -0.133. The summed E-state index contributed by atoms with van der Waals surface area (Å²) in [5, 5.41) is 6.95. The van der Waals surface area contributed by atoms with E-state index < -0.39 is 0 Å². The lowest BCUT2D eigenvalue weighted by atomic mass is 9.91. The van der Waals surface area contributed by atoms with Crippen molar-refractivity contribution in [3.63, 3.8) is 0 Å². The van der Waals surface area contributed by atoms with E-state index in [0.29, 0.717) is 24.9 Å². The maximum atomic E-state index is 12.6. The van der Waals surface area contributed by atoms with Crippen LogP contribution in [0, 0.1) is 12.8 Å². The number of carbonyl (C=O) groups excluding carboxylic acids is 1. The van der Waals surface area contributed by atoms with Gasteiger partial charge in [0.1, 0.15) is 12.1 Å². The Labute approximate surface area is 136 Å². The molecule has 1 N–H and O–H groups in total. The Morgan fingerprint density at radius 1 is 1.30 bits per heavy atom. The van der Waals surface area contributed by atoms with Crippen molar-refractivity contribution in [1.82, 2.24) is 15.5 Å². The van der Waals surface area contributed by atoms with Crippen LogP contribution in [0.15, 0.2) is 4.52 Å². The van der Waals surface area contributed by atoms with Crippen LogP contribution in [0.2, 0.25) is 0 Å². The highest BCUT2D eigenvalue weighted by Gasteiger charge is 2.35. The van der Waals surface area contributed by atoms with Gasteiger partial charge < -0.3 is 19.3 Å². The quantitative estimate of drug-likeness (QED) is 0.891. The second-order valence-corrected chi connectivity index (χ2v) is 6.35. The van der Waals surface area contributed by atoms with E-state index in [0.717, 1.165) is 32.1 Å². The minimum atomic E-state index is -0.369. The van der Waals surface area contributed by atoms with Gasteiger partial charge in [-0.3, -0.25) is 4.79 Å². The molecule has 2 aliphatic rings. The number of nitrogens with zero attached hydrogens (tertiary/aromatic N) is 2. The maximum Gasteiger partial charge on any atom is 0.249 e. The Kier molecular flexibility index (Phi) is 5.27. The average molecular weight is 323 g/mol. The van der Waals surface area contributed by atoms with Gasteiger partial charge in [0.2, 0.25) is 11.8 Å². The Balaban J connectivity index is 1.69. The van der Waals surface area contributed by atoms with E-state index in [1.54, 1.807) is 6.92 Å². The number of carbonyl (C=O) groups is 1. The molecule has 3 atom stereocenters. The average Bonchev–Trinajstić information content (AvgIpc) is 3.22. The van der Waals surface area contributed by atoms with Crippen molar-refractivity contribution in [2.45, 2.75) is 64.2 Å². The second-order valence-electron chi connectivity index (χ2n) is 6.35. The van der Waals surface area contributed by atoms with Gasteiger partial charge in [-0.1, -0.05) is 12.1 Å². The summed E-state index contributed by atoms with van der Waals surface area (Å²) in [7, 11) is 0. The standard InChI is InChI=1S/C16H25N3O4/c1-3-12-4-5-13(22-12)15(20)18-14(11-6-8-21-9-7-11)16-17-10(2)19-23-16/h11-14H,3-9H2,1-2H3,(H,18,20)/t12-,13+,14-/m1/s1. The molecular weight excluding hydrogens is 298 g/mol. The molecule has 2 saturated heterocycles. The van der Waals surface area contributed by atoms with Gasteiger partial charge in [0.25, 0.3) is 0 Å². The van der Waals surface area contributed by atoms with Gasteiger partial charge in [-0.25, -0.2) is 0 Å². The molecule has 2 fully saturated rings. The fourth-order valence-electron chi connectivity index (χ4n) is 3.31. The zero-order valence-corrected chi connectivity index (χ0v) is 13.8. The van der Waals surface area contributed by atoms with Crippen molar-refractivity contribution in [1.29, 1.82) is 0 Å². The first-order valence-corrected chi connectivity index (χ1v) is 8.51. The van der Waals surface area contributed by atoms with Crippen molar-refractivity contribution in [3.8, 4) is 0 Å². The monoisotopic (exact) mass is 323 g/mol. The summed E-state index contributed by atoms with van der Waals surface area (Å²) in [6.07, 6.45) is 4.22. The molecule has 0 aliphatic carbocycles. The van der Waals surface area contributed by atoms with Gasteiger partial charge in [0, 0.05) is 13.2 Å². The molecule has 3 rings (SSSR count). The molecule has 3 heterocycles. The molecule has 1 aromatic rings. The van der Waals surface area contributed by atoms with Crippen LogP contribution in [0.25, 0.3) is 0 Å². The van der Waals surface area contributed by atoms with E-state index in [2.05, 4.69) is 22.4 Å². The van der Waals surface area contributed by atoms with E-state index in [1.165, 1.54) is 0 Å². The summed E-state index contributed by atoms with van der Waals surface area (Å²) < 4.78 is 16.5. The molecule has 7 nitrogen and oxygen atoms in total. The molecule has 7 heteroatoms. The van der Waals surface area contributed by atoms with Crippen LogP contribution in [-0.2, 0) is 14.3 Å². The highest BCUT2D eigenvalue weighted by molar-refractivity contribution is 5.81. The van der Waals surface area contributed by atoms with Gasteiger partial charge in [-0.05, 0) is 44.9 Å². The molecule has 1 aromatic heterocycles. The SMILES string of the molecule is CC[C@@H]1CC[C@@H](C(=O)N[C@@H](c2nc(C)no2)C2CCOCC2)O1. The first kappa shape index (κ1) is 16.4. The van der Waals surface area contributed by atoms with Gasteiger partial charge in [0.05, 0.1) is 6.10 Å². The van der Waals surface area contributed by atoms with Crippen LogP contribution in [0.3, 0.4) is 0 Å². The molecule has 0 spiro atoms. The Hall–Kier alpha value is -1.47. The van der Waals surface area contributed by atoms with Crippen LogP contribution in [0.1, 0.15) is 56.8 Å². The highest BCUT2D eigenvalue weighted by Crippen LogP contribution is 2.30. The topological polar surface area (TPSA) is 86.5 Å². The van der Waals surface area contributed by atoms with Gasteiger partial charge in [-0.15, -0.1) is 0 Å². The lowest BCUT2D eigenvalue weighted by Crippen LogP contribution is -2.41. The molecule has 128 valence electrons. The maximum absolute atomic E-state index is 12.6. The number of ether oxygens (including phenoxy) is 2. The molecular formula is C16H25N3O4. The molecule has 0 unspecified atom stereocenters. The van der Waals surface area contributed by atoms with Crippen molar-refractivity contribution < 1.29 is 18.8 Å². The first-order chi connectivity index (χ1) is 11.2. The number of nitrogens with one attached hydrogen (secondary N) is 1. The number of aryl methyl sites for hydroxylation is 1. The smallest absolute Gasteiger partial charge is 0.249 e. The van der Waals surface area contributed by atoms with Crippen LogP contribution < -0.4 is 5.32 Å². The number of rotatable bonds is 5. The van der Waals surface area contributed by atoms with Crippen molar-refractivity contribution in [2.75, 3.05) is 13.2 Å². The number of hydrogen-bond acceptors (Lipinski definition) is 6. The summed E-state index contributed by atoms with van der Waals surface area (Å²) in [5.74, 6) is 1.23. The third-order valence-electron chi connectivity index (χ3n) is 4.70. The van der Waals surface area contributed by atoms with Crippen LogP contribution in [-0.4, -0.2) is 41.5 Å². The predicted octanol–water partition coefficient (Wildman–Crippen LogP) is 1.92. The number of amides is 1. The minimum absolute atomic E-state index is 0.0757. The molecule has 2 aliphatic heterocycles. The van der Waals surface area contributed by atoms with Crippen LogP contribution >= 0.6 is 0 Å². The zero-order chi connectivity index (χ0) is 16.2. The van der Waals surface area contributed by atoms with E-state index in [9.17, 15) is 4.79 Å². The van der Waals surface area contributed by atoms with Crippen LogP contribution in [0.5, 0.6) is 0 Å². The van der Waals surface area contributed by atoms with Gasteiger partial charge in [-0.2, -0.15) is 4.98 Å². The molecule has 23 heavy (non-hydrogen) atoms. The highest BCUT2D eigenvalue weighted by atomic mass is 16.5. The lowest BCUT2D eigenvalue weighted by Gasteiger charge is -2.29. The first-order valence-electron chi connectivity index (χ1n) is 8.51. The van der Waals surface area contributed by atoms with E-state index in [1.807, 2.05) is 0 Å². The molecule has 0 bridgehead atoms. The number of aromatic nitrogens is 2. The summed E-state index contributed by atoms with van der Waals surface area (Å²) in [5.41, 5.74) is 0. The van der Waals surface area contributed by atoms with Crippen molar-refractivity contribution in [3.05, 3.63) is 11.7 Å². The molecule has 1 amide bonds. The normalized spacial score (nSPS) is 27.0. The summed E-state index contributed by atoms with van der Waals surface area (Å²) >= 11 is 0. The summed E-state index contributed by atoms with van der Waals surface area (Å²) in [6, 6.07) is -0.267. The molecule has 0 aromatic carbocycles. The van der Waals surface area contributed by atoms with Crippen molar-refractivity contribution in [2.24, 2.45) is 5.92 Å². The zero-order valence-electron chi connectivity index (χ0n) is 13.8. The predicted molar refractivity (Wildman–Crippen MR) is 81.6 cm³/mol. The molecule has 0 saturated carbocycles. The Morgan fingerprint density at radius 2 is 2.09 bits per heavy atom.